The summed E-state index contributed by atoms with van der Waals surface area (Å²) in [6.07, 6.45) is 1.66. The molecule has 224 valence electrons. The maximum atomic E-state index is 15.5. The van der Waals surface area contributed by atoms with Gasteiger partial charge in [-0.3, -0.25) is 10.2 Å². The Morgan fingerprint density at radius 2 is 1.83 bits per heavy atom. The molecule has 2 N–H and O–H groups in total. The molecule has 42 heavy (non-hydrogen) atoms. The molecule has 0 bridgehead atoms. The monoisotopic (exact) mass is 578 g/mol. The van der Waals surface area contributed by atoms with E-state index in [2.05, 4.69) is 31.1 Å². The Balaban J connectivity index is 1.65. The number of Topliss-reactive ketones (excluding diaryl/α,β-unsaturated/α-hetero) is 1. The van der Waals surface area contributed by atoms with Gasteiger partial charge in [-0.05, 0) is 49.1 Å². The first-order chi connectivity index (χ1) is 20.0. The van der Waals surface area contributed by atoms with Gasteiger partial charge in [0.05, 0.1) is 45.2 Å². The van der Waals surface area contributed by atoms with E-state index in [0.29, 0.717) is 47.3 Å². The van der Waals surface area contributed by atoms with Crippen LogP contribution in [0, 0.1) is 11.2 Å². The summed E-state index contributed by atoms with van der Waals surface area (Å²) in [5.41, 5.74) is 3.17. The molecule has 3 aromatic rings. The van der Waals surface area contributed by atoms with E-state index in [4.69, 9.17) is 24.4 Å². The van der Waals surface area contributed by atoms with Crippen molar-refractivity contribution in [2.45, 2.75) is 53.1 Å². The van der Waals surface area contributed by atoms with E-state index < -0.39 is 5.82 Å². The Kier molecular flexibility index (Phi) is 9.23. The normalized spacial score (nSPS) is 12.7. The molecular formula is C32H39FN4O5. The van der Waals surface area contributed by atoms with E-state index in [1.165, 1.54) is 0 Å². The molecule has 0 amide bonds. The van der Waals surface area contributed by atoms with Crippen molar-refractivity contribution in [3.8, 4) is 23.1 Å². The highest BCUT2D eigenvalue weighted by atomic mass is 19.1. The molecule has 2 heterocycles. The number of aromatic nitrogens is 1. The van der Waals surface area contributed by atoms with Gasteiger partial charge in [-0.2, -0.15) is 0 Å². The van der Waals surface area contributed by atoms with Crippen molar-refractivity contribution in [1.82, 2.24) is 9.88 Å². The van der Waals surface area contributed by atoms with Crippen LogP contribution in [-0.2, 0) is 18.5 Å². The van der Waals surface area contributed by atoms with Crippen LogP contribution in [0.1, 0.15) is 67.2 Å². The number of hydrogen-bond acceptors (Lipinski definition) is 8. The molecule has 0 fully saturated rings. The third-order valence-corrected chi connectivity index (χ3v) is 7.04. The summed E-state index contributed by atoms with van der Waals surface area (Å²) in [4.78, 5) is 19.6. The average Bonchev–Trinajstić information content (AvgIpc) is 3.27. The molecule has 0 aliphatic carbocycles. The number of methoxy groups -OCH3 is 2. The van der Waals surface area contributed by atoms with Gasteiger partial charge in [0.2, 0.25) is 5.88 Å². The number of benzene rings is 2. The number of fused-ring (bicyclic) bond motifs is 1. The van der Waals surface area contributed by atoms with E-state index in [9.17, 15) is 4.79 Å². The lowest BCUT2D eigenvalue weighted by molar-refractivity contribution is 0.0962. The van der Waals surface area contributed by atoms with Gasteiger partial charge in [0, 0.05) is 36.0 Å². The highest BCUT2D eigenvalue weighted by Gasteiger charge is 2.33. The number of pyridine rings is 1. The van der Waals surface area contributed by atoms with E-state index in [-0.39, 0.29) is 48.0 Å². The van der Waals surface area contributed by atoms with Gasteiger partial charge in [-0.25, -0.2) is 9.37 Å². The first-order valence-corrected chi connectivity index (χ1v) is 14.0. The van der Waals surface area contributed by atoms with Gasteiger partial charge in [0.25, 0.3) is 0 Å². The van der Waals surface area contributed by atoms with Crippen LogP contribution in [0.4, 0.5) is 10.1 Å². The van der Waals surface area contributed by atoms with Crippen molar-refractivity contribution in [2.75, 3.05) is 39.3 Å². The smallest absolute Gasteiger partial charge is 0.218 e. The molecule has 0 saturated carbocycles. The molecule has 1 aliphatic heterocycles. The summed E-state index contributed by atoms with van der Waals surface area (Å²) >= 11 is 0. The number of nitrogens with zero attached hydrogens (tertiary/aromatic N) is 2. The summed E-state index contributed by atoms with van der Waals surface area (Å²) in [7, 11) is 3.17. The molecule has 1 aromatic heterocycles. The highest BCUT2D eigenvalue weighted by Crippen LogP contribution is 2.41. The zero-order valence-electron chi connectivity index (χ0n) is 25.3. The third kappa shape index (κ3) is 6.12. The number of amidine groups is 1. The van der Waals surface area contributed by atoms with E-state index in [0.717, 1.165) is 11.1 Å². The second-order valence-electron chi connectivity index (χ2n) is 10.9. The van der Waals surface area contributed by atoms with E-state index in [1.54, 1.807) is 44.4 Å². The fourth-order valence-corrected chi connectivity index (χ4v) is 5.05. The fraction of sp³-hybridized carbons (Fsp3) is 0.406. The van der Waals surface area contributed by atoms with Crippen LogP contribution in [-0.4, -0.2) is 55.5 Å². The zero-order valence-corrected chi connectivity index (χ0v) is 25.3. The predicted molar refractivity (Wildman–Crippen MR) is 160 cm³/mol. The second kappa shape index (κ2) is 12.7. The van der Waals surface area contributed by atoms with E-state index >= 15 is 4.39 Å². The predicted octanol–water partition coefficient (Wildman–Crippen LogP) is 5.97. The Morgan fingerprint density at radius 1 is 1.10 bits per heavy atom. The van der Waals surface area contributed by atoms with Crippen LogP contribution in [0.25, 0.3) is 0 Å². The highest BCUT2D eigenvalue weighted by molar-refractivity contribution is 6.06. The van der Waals surface area contributed by atoms with Gasteiger partial charge in [0.15, 0.2) is 23.1 Å². The molecule has 9 nitrogen and oxygen atoms in total. The summed E-state index contributed by atoms with van der Waals surface area (Å²) in [6.45, 7) is 10.8. The van der Waals surface area contributed by atoms with Gasteiger partial charge >= 0.3 is 0 Å². The first-order valence-electron chi connectivity index (χ1n) is 14.0. The van der Waals surface area contributed by atoms with Crippen LogP contribution in [0.5, 0.6) is 23.1 Å². The number of halogens is 1. The van der Waals surface area contributed by atoms with Gasteiger partial charge < -0.3 is 29.2 Å². The first kappa shape index (κ1) is 30.6. The minimum absolute atomic E-state index is 0.0121. The van der Waals surface area contributed by atoms with Crippen LogP contribution >= 0.6 is 0 Å². The minimum atomic E-state index is -0.644. The molecule has 4 rings (SSSR count). The molecule has 0 saturated heterocycles. The van der Waals surface area contributed by atoms with Crippen LogP contribution in [0.3, 0.4) is 0 Å². The van der Waals surface area contributed by atoms with Crippen molar-refractivity contribution in [3.63, 3.8) is 0 Å². The van der Waals surface area contributed by atoms with E-state index in [1.807, 2.05) is 25.1 Å². The maximum Gasteiger partial charge on any atom is 0.218 e. The Bertz CT molecular complexity index is 1480. The van der Waals surface area contributed by atoms with Gasteiger partial charge in [0.1, 0.15) is 11.6 Å². The minimum Gasteiger partial charge on any atom is -0.494 e. The number of carbonyl (C=O) groups is 1. The Hall–Kier alpha value is -4.34. The number of carbonyl (C=O) groups excluding carboxylic acids is 1. The Morgan fingerprint density at radius 3 is 2.48 bits per heavy atom. The van der Waals surface area contributed by atoms with Crippen molar-refractivity contribution >= 4 is 17.3 Å². The van der Waals surface area contributed by atoms with Crippen LogP contribution in [0.15, 0.2) is 36.5 Å². The van der Waals surface area contributed by atoms with Crippen molar-refractivity contribution in [2.24, 2.45) is 0 Å². The fourth-order valence-electron chi connectivity index (χ4n) is 5.05. The quantitative estimate of drug-likeness (QED) is 0.253. The molecule has 0 unspecified atom stereocenters. The summed E-state index contributed by atoms with van der Waals surface area (Å²) in [6, 6.07) is 9.04. The maximum absolute atomic E-state index is 15.5. The number of ether oxygens (including phenoxy) is 4. The summed E-state index contributed by atoms with van der Waals surface area (Å²) in [5, 5.41) is 12.1. The number of anilines is 1. The topological polar surface area (TPSA) is 106 Å². The standard InChI is InChI=1S/C32H39FN4O5/c1-8-41-25-15-21-17-37(30(34)26(21)27(33)29(25)42-9-2)18-24(38)20-13-22(32(3,4)5)28(39-6)23(14-20)36-16-19-11-10-12-35-31(19)40-7/h10-15,34,36H,8-9,16-18H2,1-7H3. The lowest BCUT2D eigenvalue weighted by Crippen LogP contribution is -2.30. The molecule has 2 aromatic carbocycles. The lowest BCUT2D eigenvalue weighted by atomic mass is 9.84. The number of rotatable bonds is 12. The molecule has 1 aliphatic rings. The zero-order chi connectivity index (χ0) is 30.6. The number of hydrogen-bond donors (Lipinski definition) is 2. The largest absolute Gasteiger partial charge is 0.494 e. The van der Waals surface area contributed by atoms with Crippen LogP contribution < -0.4 is 24.3 Å². The molecule has 0 atom stereocenters. The molecule has 0 radical (unpaired) electrons. The molecule has 10 heteroatoms. The molecular weight excluding hydrogens is 539 g/mol. The number of ketones is 1. The average molecular weight is 579 g/mol. The lowest BCUT2D eigenvalue weighted by Gasteiger charge is -2.26. The van der Waals surface area contributed by atoms with Gasteiger partial charge in [-0.15, -0.1) is 0 Å². The van der Waals surface area contributed by atoms with Crippen LogP contribution in [0.2, 0.25) is 0 Å². The second-order valence-corrected chi connectivity index (χ2v) is 10.9. The Labute approximate surface area is 246 Å². The summed E-state index contributed by atoms with van der Waals surface area (Å²) in [5.74, 6) is 0.507. The number of nitrogens with one attached hydrogen (secondary N) is 2. The summed E-state index contributed by atoms with van der Waals surface area (Å²) < 4.78 is 37.9. The SMILES string of the molecule is CCOc1cc2c(c(F)c1OCC)C(=N)N(CC(=O)c1cc(NCc3cccnc3OC)c(OC)c(C(C)(C)C)c1)C2. The van der Waals surface area contributed by atoms with Crippen molar-refractivity contribution < 1.29 is 28.1 Å². The van der Waals surface area contributed by atoms with Crippen molar-refractivity contribution in [3.05, 3.63) is 70.2 Å². The molecule has 0 spiro atoms. The van der Waals surface area contributed by atoms with Crippen molar-refractivity contribution in [1.29, 1.82) is 5.41 Å². The third-order valence-electron chi connectivity index (χ3n) is 7.04. The van der Waals surface area contributed by atoms with Gasteiger partial charge in [-0.1, -0.05) is 26.8 Å².